The van der Waals surface area contributed by atoms with Crippen molar-refractivity contribution < 1.29 is 13.5 Å². The molecule has 0 saturated carbocycles. The van der Waals surface area contributed by atoms with Gasteiger partial charge in [0.25, 0.3) is 0 Å². The minimum Gasteiger partial charge on any atom is -0.492 e. The SMILES string of the molecule is COc1c(Cl)cc(CCN)c(F)c1F. The van der Waals surface area contributed by atoms with Gasteiger partial charge < -0.3 is 10.5 Å². The summed E-state index contributed by atoms with van der Waals surface area (Å²) in [6.45, 7) is 0.235. The van der Waals surface area contributed by atoms with E-state index in [0.717, 1.165) is 0 Å². The number of hydrogen-bond donors (Lipinski definition) is 1. The number of nitrogens with two attached hydrogens (primary N) is 1. The second kappa shape index (κ2) is 4.57. The van der Waals surface area contributed by atoms with Gasteiger partial charge in [-0.1, -0.05) is 11.6 Å². The van der Waals surface area contributed by atoms with Crippen LogP contribution < -0.4 is 10.5 Å². The third-order valence-corrected chi connectivity index (χ3v) is 2.09. The van der Waals surface area contributed by atoms with Crippen LogP contribution in [0.5, 0.6) is 5.75 Å². The van der Waals surface area contributed by atoms with E-state index in [1.54, 1.807) is 0 Å². The lowest BCUT2D eigenvalue weighted by molar-refractivity contribution is 0.370. The Morgan fingerprint density at radius 2 is 2.07 bits per heavy atom. The zero-order valence-corrected chi connectivity index (χ0v) is 8.37. The molecule has 0 saturated heterocycles. The van der Waals surface area contributed by atoms with Gasteiger partial charge in [0.15, 0.2) is 11.6 Å². The van der Waals surface area contributed by atoms with E-state index in [-0.39, 0.29) is 29.3 Å². The van der Waals surface area contributed by atoms with Crippen molar-refractivity contribution in [3.05, 3.63) is 28.3 Å². The zero-order chi connectivity index (χ0) is 10.7. The summed E-state index contributed by atoms with van der Waals surface area (Å²) in [5.74, 6) is -2.29. The summed E-state index contributed by atoms with van der Waals surface area (Å²) >= 11 is 5.67. The van der Waals surface area contributed by atoms with Crippen molar-refractivity contribution in [3.63, 3.8) is 0 Å². The molecule has 1 aromatic rings. The molecule has 0 fully saturated rings. The molecule has 0 bridgehead atoms. The molecule has 1 rings (SSSR count). The Balaban J connectivity index is 3.25. The number of rotatable bonds is 3. The zero-order valence-electron chi connectivity index (χ0n) is 7.61. The van der Waals surface area contributed by atoms with E-state index in [1.165, 1.54) is 13.2 Å². The summed E-state index contributed by atoms with van der Waals surface area (Å²) in [7, 11) is 1.23. The third kappa shape index (κ3) is 1.96. The van der Waals surface area contributed by atoms with Gasteiger partial charge in [0.05, 0.1) is 12.1 Å². The van der Waals surface area contributed by atoms with Crippen molar-refractivity contribution in [2.75, 3.05) is 13.7 Å². The third-order valence-electron chi connectivity index (χ3n) is 1.81. The van der Waals surface area contributed by atoms with Gasteiger partial charge in [0, 0.05) is 0 Å². The number of ether oxygens (including phenoxy) is 1. The van der Waals surface area contributed by atoms with Crippen LogP contribution in [0.25, 0.3) is 0 Å². The van der Waals surface area contributed by atoms with Crippen molar-refractivity contribution in [2.45, 2.75) is 6.42 Å². The van der Waals surface area contributed by atoms with Gasteiger partial charge in [-0.15, -0.1) is 0 Å². The Morgan fingerprint density at radius 3 is 2.57 bits per heavy atom. The molecule has 0 aromatic heterocycles. The Labute approximate surface area is 85.6 Å². The summed E-state index contributed by atoms with van der Waals surface area (Å²) < 4.78 is 31.1. The summed E-state index contributed by atoms with van der Waals surface area (Å²) in [6.07, 6.45) is 0.243. The van der Waals surface area contributed by atoms with Crippen molar-refractivity contribution in [1.29, 1.82) is 0 Å². The highest BCUT2D eigenvalue weighted by molar-refractivity contribution is 6.32. The number of halogens is 3. The van der Waals surface area contributed by atoms with Gasteiger partial charge in [-0.3, -0.25) is 0 Å². The predicted octanol–water partition coefficient (Wildman–Crippen LogP) is 2.13. The first-order chi connectivity index (χ1) is 6.61. The summed E-state index contributed by atoms with van der Waals surface area (Å²) in [5, 5.41) is 0.0508. The van der Waals surface area contributed by atoms with Crippen LogP contribution in [0.1, 0.15) is 5.56 Å². The standard InChI is InChI=1S/C9H10ClF2NO/c1-14-9-6(10)4-5(2-3-13)7(11)8(9)12/h4H,2-3,13H2,1H3. The lowest BCUT2D eigenvalue weighted by atomic mass is 10.1. The first-order valence-electron chi connectivity index (χ1n) is 4.02. The number of hydrogen-bond acceptors (Lipinski definition) is 2. The lowest BCUT2D eigenvalue weighted by Crippen LogP contribution is -2.06. The highest BCUT2D eigenvalue weighted by Crippen LogP contribution is 2.31. The second-order valence-corrected chi connectivity index (χ2v) is 3.12. The molecule has 1 aromatic carbocycles. The van der Waals surface area contributed by atoms with Crippen LogP contribution in [-0.2, 0) is 6.42 Å². The van der Waals surface area contributed by atoms with Gasteiger partial charge >= 0.3 is 0 Å². The molecule has 0 aliphatic rings. The van der Waals surface area contributed by atoms with Gasteiger partial charge in [-0.25, -0.2) is 4.39 Å². The summed E-state index contributed by atoms with van der Waals surface area (Å²) in [4.78, 5) is 0. The normalized spacial score (nSPS) is 10.4. The minimum atomic E-state index is -1.07. The molecule has 0 aliphatic carbocycles. The summed E-state index contributed by atoms with van der Waals surface area (Å²) in [5.41, 5.74) is 5.40. The molecule has 0 heterocycles. The average Bonchev–Trinajstić information content (AvgIpc) is 2.15. The topological polar surface area (TPSA) is 35.2 Å². The maximum Gasteiger partial charge on any atom is 0.202 e. The minimum absolute atomic E-state index is 0.0508. The molecule has 5 heteroatoms. The first kappa shape index (κ1) is 11.2. The molecule has 0 spiro atoms. The number of methoxy groups -OCH3 is 1. The molecule has 78 valence electrons. The maximum atomic E-state index is 13.2. The van der Waals surface area contributed by atoms with Crippen LogP contribution in [0.15, 0.2) is 6.07 Å². The number of benzene rings is 1. The van der Waals surface area contributed by atoms with Crippen molar-refractivity contribution >= 4 is 11.6 Å². The fourth-order valence-corrected chi connectivity index (χ4v) is 1.44. The molecular weight excluding hydrogens is 212 g/mol. The smallest absolute Gasteiger partial charge is 0.202 e. The Morgan fingerprint density at radius 1 is 1.43 bits per heavy atom. The van der Waals surface area contributed by atoms with Crippen LogP contribution in [-0.4, -0.2) is 13.7 Å². The highest BCUT2D eigenvalue weighted by Gasteiger charge is 2.17. The van der Waals surface area contributed by atoms with E-state index in [9.17, 15) is 8.78 Å². The molecule has 2 N–H and O–H groups in total. The maximum absolute atomic E-state index is 13.2. The first-order valence-corrected chi connectivity index (χ1v) is 4.40. The van der Waals surface area contributed by atoms with Gasteiger partial charge in [-0.05, 0) is 24.6 Å². The van der Waals surface area contributed by atoms with Crippen LogP contribution in [0.2, 0.25) is 5.02 Å². The van der Waals surface area contributed by atoms with Crippen LogP contribution in [0.3, 0.4) is 0 Å². The Bertz CT molecular complexity index is 344. The van der Waals surface area contributed by atoms with Crippen LogP contribution in [0, 0.1) is 11.6 Å². The molecule has 0 aliphatic heterocycles. The molecular formula is C9H10ClF2NO. The van der Waals surface area contributed by atoms with Crippen LogP contribution >= 0.6 is 11.6 Å². The molecule has 0 atom stereocenters. The van der Waals surface area contributed by atoms with E-state index < -0.39 is 11.6 Å². The molecule has 0 radical (unpaired) electrons. The van der Waals surface area contributed by atoms with Gasteiger partial charge in [0.1, 0.15) is 0 Å². The predicted molar refractivity (Wildman–Crippen MR) is 50.7 cm³/mol. The Kier molecular flexibility index (Phi) is 3.66. The Hall–Kier alpha value is -0.870. The quantitative estimate of drug-likeness (QED) is 0.794. The molecule has 2 nitrogen and oxygen atoms in total. The second-order valence-electron chi connectivity index (χ2n) is 2.72. The monoisotopic (exact) mass is 221 g/mol. The fraction of sp³-hybridized carbons (Fsp3) is 0.333. The highest BCUT2D eigenvalue weighted by atomic mass is 35.5. The van der Waals surface area contributed by atoms with E-state index >= 15 is 0 Å². The van der Waals surface area contributed by atoms with Crippen molar-refractivity contribution in [2.24, 2.45) is 5.73 Å². The van der Waals surface area contributed by atoms with E-state index in [0.29, 0.717) is 0 Å². The van der Waals surface area contributed by atoms with E-state index in [2.05, 4.69) is 4.74 Å². The van der Waals surface area contributed by atoms with Gasteiger partial charge in [0.2, 0.25) is 5.82 Å². The summed E-state index contributed by atoms with van der Waals surface area (Å²) in [6, 6.07) is 1.33. The molecule has 0 unspecified atom stereocenters. The average molecular weight is 222 g/mol. The molecule has 14 heavy (non-hydrogen) atoms. The van der Waals surface area contributed by atoms with Crippen molar-refractivity contribution in [1.82, 2.24) is 0 Å². The molecule has 0 amide bonds. The lowest BCUT2D eigenvalue weighted by Gasteiger charge is -2.08. The van der Waals surface area contributed by atoms with Crippen LogP contribution in [0.4, 0.5) is 8.78 Å². The van der Waals surface area contributed by atoms with E-state index in [1.807, 2.05) is 0 Å². The largest absolute Gasteiger partial charge is 0.492 e. The van der Waals surface area contributed by atoms with E-state index in [4.69, 9.17) is 17.3 Å². The van der Waals surface area contributed by atoms with Crippen molar-refractivity contribution in [3.8, 4) is 5.75 Å². The fourth-order valence-electron chi connectivity index (χ4n) is 1.15. The van der Waals surface area contributed by atoms with Gasteiger partial charge in [-0.2, -0.15) is 4.39 Å².